The predicted octanol–water partition coefficient (Wildman–Crippen LogP) is 8.60. The first-order valence-corrected chi connectivity index (χ1v) is 19.8. The van der Waals surface area contributed by atoms with Gasteiger partial charge >= 0.3 is 12.4 Å². The molecule has 10 nitrogen and oxygen atoms in total. The van der Waals surface area contributed by atoms with Gasteiger partial charge in [-0.3, -0.25) is 23.9 Å². The molecule has 1 atom stereocenters. The van der Waals surface area contributed by atoms with E-state index < -0.39 is 103 Å². The van der Waals surface area contributed by atoms with E-state index in [0.29, 0.717) is 23.6 Å². The minimum absolute atomic E-state index is 0.00287. The molecule has 2 aliphatic carbocycles. The van der Waals surface area contributed by atoms with Gasteiger partial charge in [0, 0.05) is 53.1 Å². The molecule has 3 N–H and O–H groups in total. The van der Waals surface area contributed by atoms with Crippen molar-refractivity contribution in [2.24, 2.45) is 11.7 Å². The summed E-state index contributed by atoms with van der Waals surface area (Å²) in [6, 6.07) is 6.37. The van der Waals surface area contributed by atoms with E-state index in [4.69, 9.17) is 17.3 Å². The van der Waals surface area contributed by atoms with E-state index in [0.717, 1.165) is 28.4 Å². The van der Waals surface area contributed by atoms with Crippen molar-refractivity contribution in [3.63, 3.8) is 0 Å². The molecule has 2 amide bonds. The number of aryl methyl sites for hydroxylation is 1. The van der Waals surface area contributed by atoms with Gasteiger partial charge in [0.2, 0.25) is 11.8 Å². The Balaban J connectivity index is 1.38. The van der Waals surface area contributed by atoms with Gasteiger partial charge in [0.05, 0.1) is 27.7 Å². The van der Waals surface area contributed by atoms with Gasteiger partial charge in [-0.1, -0.05) is 23.7 Å². The molecule has 3 aromatic heterocycles. The largest absolute Gasteiger partial charge is 0.435 e. The summed E-state index contributed by atoms with van der Waals surface area (Å²) in [5.74, 6) is -8.14. The molecule has 1 saturated carbocycles. The molecule has 0 radical (unpaired) electrons. The average molecular weight is 891 g/mol. The molecule has 0 spiro atoms. The first kappa shape index (κ1) is 43.2. The van der Waals surface area contributed by atoms with E-state index in [9.17, 15) is 53.5 Å². The van der Waals surface area contributed by atoms with Crippen LogP contribution < -0.4 is 15.4 Å². The molecular formula is C38H33ClF10N8O2S. The summed E-state index contributed by atoms with van der Waals surface area (Å²) in [7, 11) is 0. The van der Waals surface area contributed by atoms with Crippen LogP contribution in [0.5, 0.6) is 0 Å². The summed E-state index contributed by atoms with van der Waals surface area (Å²) in [6.45, 7) is -1.28. The number of hydrogen-bond acceptors (Lipinski definition) is 7. The summed E-state index contributed by atoms with van der Waals surface area (Å²) in [5.41, 5.74) is 2.43. The molecule has 0 aliphatic heterocycles. The average Bonchev–Trinajstić information content (AvgIpc) is 3.78. The van der Waals surface area contributed by atoms with E-state index in [-0.39, 0.29) is 60.5 Å². The first-order valence-electron chi connectivity index (χ1n) is 18.2. The zero-order valence-electron chi connectivity index (χ0n) is 31.4. The van der Waals surface area contributed by atoms with Crippen molar-refractivity contribution in [2.75, 3.05) is 10.6 Å². The summed E-state index contributed by atoms with van der Waals surface area (Å²) in [5, 5.41) is 9.97. The zero-order chi connectivity index (χ0) is 43.6. The third kappa shape index (κ3) is 8.52. The number of nitrogens with zero attached hydrogens (tertiary/aromatic N) is 6. The summed E-state index contributed by atoms with van der Waals surface area (Å²) in [4.78, 5) is 32.0. The van der Waals surface area contributed by atoms with Crippen molar-refractivity contribution >= 4 is 52.1 Å². The van der Waals surface area contributed by atoms with Crippen LogP contribution in [0.3, 0.4) is 0 Å². The topological polar surface area (TPSA) is 124 Å². The molecule has 1 fully saturated rings. The van der Waals surface area contributed by atoms with E-state index in [1.807, 2.05) is 0 Å². The number of benzene rings is 2. The van der Waals surface area contributed by atoms with Crippen LogP contribution in [0.2, 0.25) is 5.02 Å². The molecule has 0 saturated heterocycles. The maximum absolute atomic E-state index is 15.0. The predicted molar refractivity (Wildman–Crippen MR) is 201 cm³/mol. The lowest BCUT2D eigenvalue weighted by Gasteiger charge is -2.34. The molecule has 2 aromatic carbocycles. The fraction of sp³-hybridized carbons (Fsp3) is 0.395. The van der Waals surface area contributed by atoms with Gasteiger partial charge in [-0.25, -0.2) is 13.1 Å². The van der Waals surface area contributed by atoms with E-state index in [2.05, 4.69) is 20.5 Å². The molecule has 320 valence electrons. The van der Waals surface area contributed by atoms with Gasteiger partial charge in [0.1, 0.15) is 30.4 Å². The fourth-order valence-corrected chi connectivity index (χ4v) is 8.60. The van der Waals surface area contributed by atoms with E-state index >= 15 is 0 Å². The van der Waals surface area contributed by atoms with Gasteiger partial charge in [0.15, 0.2) is 11.5 Å². The molecule has 2 aliphatic rings. The van der Waals surface area contributed by atoms with Crippen molar-refractivity contribution in [1.29, 1.82) is 0 Å². The summed E-state index contributed by atoms with van der Waals surface area (Å²) in [6.07, 6.45) is -9.84. The number of nitrogens with one attached hydrogen (secondary N) is 1. The monoisotopic (exact) mass is 890 g/mol. The highest BCUT2D eigenvalue weighted by Crippen LogP contribution is 2.47. The number of alkyl halides is 8. The number of aromatic nitrogens is 5. The minimum atomic E-state index is -5.12. The molecule has 0 bridgehead atoms. The normalized spacial score (nSPS) is 18.0. The Labute approximate surface area is 343 Å². The van der Waals surface area contributed by atoms with Crippen LogP contribution in [-0.4, -0.2) is 54.8 Å². The lowest BCUT2D eigenvalue weighted by atomic mass is 9.80. The second-order valence-corrected chi connectivity index (χ2v) is 15.8. The zero-order valence-corrected chi connectivity index (χ0v) is 32.9. The quantitative estimate of drug-likeness (QED) is 0.101. The number of rotatable bonds is 11. The highest BCUT2D eigenvalue weighted by atomic mass is 35.5. The van der Waals surface area contributed by atoms with Crippen LogP contribution in [0.1, 0.15) is 59.2 Å². The van der Waals surface area contributed by atoms with Crippen molar-refractivity contribution in [3.05, 3.63) is 93.0 Å². The van der Waals surface area contributed by atoms with Crippen LogP contribution in [0.25, 0.3) is 22.0 Å². The molecule has 1 unspecified atom stereocenters. The lowest BCUT2D eigenvalue weighted by Crippen LogP contribution is -2.45. The van der Waals surface area contributed by atoms with E-state index in [1.54, 1.807) is 0 Å². The molecule has 3 heterocycles. The number of anilines is 1. The second-order valence-electron chi connectivity index (χ2n) is 14.7. The van der Waals surface area contributed by atoms with Crippen molar-refractivity contribution in [1.82, 2.24) is 29.9 Å². The number of amides is 2. The van der Waals surface area contributed by atoms with E-state index in [1.165, 1.54) is 37.4 Å². The Morgan fingerprint density at radius 2 is 1.68 bits per heavy atom. The highest BCUT2D eigenvalue weighted by Gasteiger charge is 2.50. The Bertz CT molecular complexity index is 2480. The lowest BCUT2D eigenvalue weighted by molar-refractivity contribution is -0.143. The van der Waals surface area contributed by atoms with Crippen LogP contribution in [-0.2, 0) is 47.6 Å². The summed E-state index contributed by atoms with van der Waals surface area (Å²) < 4.78 is 145. The van der Waals surface area contributed by atoms with Gasteiger partial charge in [0.25, 0.3) is 5.92 Å². The number of hydrogen-bond donors (Lipinski definition) is 2. The standard InChI is InChI=1S/C38H33ClF10N8O2S/c1-17-3-4-23(24-5-6-26(39)29-31(24)56(16-37(44,45)46)54-34(29)57(60-2)35(59)19-12-22(50)13-19)30(51-17)27(11-18-9-20(40)14-21(41)10-18)52-28(58)15-55-33-25(7-8-36(33,42)43)32(53-55)38(47,48)49/h3-6,9-10,14,19,22,27H,7-8,11-13,15-16,50H2,1-2H3,(H,52,58). The number of carbonyl (C=O) groups excluding carboxylic acids is 2. The summed E-state index contributed by atoms with van der Waals surface area (Å²) >= 11 is 7.57. The fourth-order valence-electron chi connectivity index (χ4n) is 7.73. The molecule has 22 heteroatoms. The van der Waals surface area contributed by atoms with Crippen LogP contribution in [0.15, 0.2) is 42.5 Å². The Kier molecular flexibility index (Phi) is 11.4. The number of pyridine rings is 1. The Hall–Kier alpha value is -4.89. The van der Waals surface area contributed by atoms with Gasteiger partial charge in [-0.05, 0) is 74.4 Å². The Morgan fingerprint density at radius 3 is 2.30 bits per heavy atom. The third-order valence-electron chi connectivity index (χ3n) is 10.3. The minimum Gasteiger partial charge on any atom is -0.346 e. The molecule has 60 heavy (non-hydrogen) atoms. The van der Waals surface area contributed by atoms with Gasteiger partial charge < -0.3 is 11.1 Å². The van der Waals surface area contributed by atoms with Gasteiger partial charge in [-0.2, -0.15) is 45.3 Å². The maximum Gasteiger partial charge on any atom is 0.435 e. The molecule has 5 aromatic rings. The molecular weight excluding hydrogens is 858 g/mol. The van der Waals surface area contributed by atoms with Gasteiger partial charge in [-0.15, -0.1) is 0 Å². The second kappa shape index (κ2) is 15.9. The van der Waals surface area contributed by atoms with Crippen molar-refractivity contribution in [3.8, 4) is 11.1 Å². The SMILES string of the molecule is CSN(C(=O)C1CC(N)C1)c1nn(CC(F)(F)F)c2c(-c3ccc(C)nc3C(Cc3cc(F)cc(F)c3)NC(=O)Cn3nc(C(F)(F)F)c4c3C(F)(F)CC4)ccc(Cl)c12. The maximum atomic E-state index is 15.0. The third-order valence-corrected chi connectivity index (χ3v) is 11.3. The number of halogens is 11. The van der Waals surface area contributed by atoms with Crippen LogP contribution in [0.4, 0.5) is 49.7 Å². The molecule has 7 rings (SSSR count). The van der Waals surface area contributed by atoms with Crippen molar-refractivity contribution < 1.29 is 53.5 Å². The van der Waals surface area contributed by atoms with Crippen molar-refractivity contribution in [2.45, 2.75) is 82.5 Å². The smallest absolute Gasteiger partial charge is 0.346 e. The van der Waals surface area contributed by atoms with Crippen LogP contribution >= 0.6 is 23.5 Å². The number of fused-ring (bicyclic) bond motifs is 2. The number of carbonyl (C=O) groups is 2. The van der Waals surface area contributed by atoms with Crippen LogP contribution in [0, 0.1) is 24.5 Å². The number of nitrogens with two attached hydrogens (primary N) is 1. The first-order chi connectivity index (χ1) is 28.0. The highest BCUT2D eigenvalue weighted by molar-refractivity contribution is 8.00. The Morgan fingerprint density at radius 1 is 1.02 bits per heavy atom.